The number of amides is 1. The molecule has 0 atom stereocenters. The summed E-state index contributed by atoms with van der Waals surface area (Å²) in [5, 5.41) is 22.1. The van der Waals surface area contributed by atoms with Gasteiger partial charge >= 0.3 is 0 Å². The highest BCUT2D eigenvalue weighted by atomic mass is 19.1. The highest BCUT2D eigenvalue weighted by molar-refractivity contribution is 5.94. The molecule has 0 bridgehead atoms. The Labute approximate surface area is 114 Å². The Hall–Kier alpha value is -2.89. The Morgan fingerprint density at radius 1 is 1.15 bits per heavy atom. The molecule has 2 rings (SSSR count). The molecule has 0 aliphatic carbocycles. The van der Waals surface area contributed by atoms with Crippen molar-refractivity contribution >= 4 is 12.1 Å². The monoisotopic (exact) mass is 274 g/mol. The summed E-state index contributed by atoms with van der Waals surface area (Å²) in [6.07, 6.45) is 1.29. The van der Waals surface area contributed by atoms with E-state index in [0.717, 1.165) is 6.07 Å². The van der Waals surface area contributed by atoms with Crippen LogP contribution in [0.15, 0.2) is 47.6 Å². The molecule has 2 aromatic rings. The maximum absolute atomic E-state index is 12.9. The first-order chi connectivity index (χ1) is 9.56. The molecule has 0 unspecified atom stereocenters. The van der Waals surface area contributed by atoms with E-state index in [1.54, 1.807) is 0 Å². The molecule has 0 heterocycles. The van der Waals surface area contributed by atoms with E-state index in [1.807, 2.05) is 0 Å². The van der Waals surface area contributed by atoms with Crippen LogP contribution in [-0.4, -0.2) is 22.3 Å². The molecule has 20 heavy (non-hydrogen) atoms. The number of phenols is 2. The molecule has 0 saturated heterocycles. The Morgan fingerprint density at radius 2 is 1.95 bits per heavy atom. The fraction of sp³-hybridized carbons (Fsp3) is 0. The van der Waals surface area contributed by atoms with Crippen molar-refractivity contribution in [1.29, 1.82) is 0 Å². The largest absolute Gasteiger partial charge is 0.504 e. The van der Waals surface area contributed by atoms with Crippen molar-refractivity contribution in [3.8, 4) is 11.5 Å². The van der Waals surface area contributed by atoms with Crippen LogP contribution < -0.4 is 5.43 Å². The second kappa shape index (κ2) is 5.83. The van der Waals surface area contributed by atoms with Crippen LogP contribution in [0.4, 0.5) is 4.39 Å². The lowest BCUT2D eigenvalue weighted by Gasteiger charge is -2.00. The zero-order valence-electron chi connectivity index (χ0n) is 10.2. The molecular weight excluding hydrogens is 263 g/mol. The fourth-order valence-electron chi connectivity index (χ4n) is 1.48. The standard InChI is InChI=1S/C14H11FN2O3/c15-11-3-1-2-10(7-11)14(20)17-16-8-9-4-5-12(18)13(19)6-9/h1-8,18-19H,(H,17,20)/b16-8-. The van der Waals surface area contributed by atoms with Gasteiger partial charge in [-0.3, -0.25) is 4.79 Å². The Balaban J connectivity index is 2.02. The van der Waals surface area contributed by atoms with Gasteiger partial charge in [-0.25, -0.2) is 9.82 Å². The number of hydrogen-bond donors (Lipinski definition) is 3. The summed E-state index contributed by atoms with van der Waals surface area (Å²) in [5.41, 5.74) is 2.86. The number of phenolic OH excluding ortho intramolecular Hbond substituents is 2. The third-order valence-electron chi connectivity index (χ3n) is 2.47. The molecule has 0 aliphatic heterocycles. The topological polar surface area (TPSA) is 81.9 Å². The van der Waals surface area contributed by atoms with Crippen molar-refractivity contribution < 1.29 is 19.4 Å². The molecule has 0 aromatic heterocycles. The number of hydrazone groups is 1. The quantitative estimate of drug-likeness (QED) is 0.455. The maximum atomic E-state index is 12.9. The summed E-state index contributed by atoms with van der Waals surface area (Å²) in [6.45, 7) is 0. The van der Waals surface area contributed by atoms with Crippen LogP contribution in [0, 0.1) is 5.82 Å². The van der Waals surface area contributed by atoms with Gasteiger partial charge in [0.25, 0.3) is 5.91 Å². The van der Waals surface area contributed by atoms with E-state index in [9.17, 15) is 14.3 Å². The van der Waals surface area contributed by atoms with E-state index in [0.29, 0.717) is 5.56 Å². The van der Waals surface area contributed by atoms with Crippen molar-refractivity contribution in [2.45, 2.75) is 0 Å². The summed E-state index contributed by atoms with van der Waals surface area (Å²) in [6, 6.07) is 9.30. The van der Waals surface area contributed by atoms with Crippen LogP contribution in [-0.2, 0) is 0 Å². The lowest BCUT2D eigenvalue weighted by molar-refractivity contribution is 0.0954. The van der Waals surface area contributed by atoms with Gasteiger partial charge in [0.15, 0.2) is 11.5 Å². The zero-order valence-corrected chi connectivity index (χ0v) is 10.2. The van der Waals surface area contributed by atoms with Crippen LogP contribution in [0.3, 0.4) is 0 Å². The van der Waals surface area contributed by atoms with Crippen LogP contribution in [0.1, 0.15) is 15.9 Å². The van der Waals surface area contributed by atoms with Crippen molar-refractivity contribution in [3.05, 3.63) is 59.4 Å². The summed E-state index contributed by atoms with van der Waals surface area (Å²) >= 11 is 0. The third-order valence-corrected chi connectivity index (χ3v) is 2.47. The molecule has 1 amide bonds. The predicted octanol–water partition coefficient (Wildman–Crippen LogP) is 2.00. The third kappa shape index (κ3) is 3.32. The summed E-state index contributed by atoms with van der Waals surface area (Å²) < 4.78 is 12.9. The van der Waals surface area contributed by atoms with E-state index in [4.69, 9.17) is 5.11 Å². The van der Waals surface area contributed by atoms with E-state index in [-0.39, 0.29) is 17.1 Å². The van der Waals surface area contributed by atoms with Gasteiger partial charge in [-0.15, -0.1) is 0 Å². The lowest BCUT2D eigenvalue weighted by Crippen LogP contribution is -2.17. The molecule has 6 heteroatoms. The molecule has 0 saturated carbocycles. The predicted molar refractivity (Wildman–Crippen MR) is 71.2 cm³/mol. The Bertz CT molecular complexity index is 671. The molecule has 0 radical (unpaired) electrons. The van der Waals surface area contributed by atoms with Crippen LogP contribution in [0.2, 0.25) is 0 Å². The maximum Gasteiger partial charge on any atom is 0.271 e. The van der Waals surface area contributed by atoms with E-state index in [2.05, 4.69) is 10.5 Å². The molecule has 0 fully saturated rings. The first-order valence-corrected chi connectivity index (χ1v) is 5.67. The first kappa shape index (κ1) is 13.5. The average molecular weight is 274 g/mol. The van der Waals surface area contributed by atoms with Gasteiger partial charge in [-0.1, -0.05) is 6.07 Å². The SMILES string of the molecule is O=C(N/N=C\c1ccc(O)c(O)c1)c1cccc(F)c1. The van der Waals surface area contributed by atoms with Crippen LogP contribution in [0.25, 0.3) is 0 Å². The lowest BCUT2D eigenvalue weighted by atomic mass is 10.2. The number of carbonyl (C=O) groups excluding carboxylic acids is 1. The van der Waals surface area contributed by atoms with Crippen molar-refractivity contribution in [3.63, 3.8) is 0 Å². The minimum Gasteiger partial charge on any atom is -0.504 e. The van der Waals surface area contributed by atoms with Gasteiger partial charge in [0, 0.05) is 5.56 Å². The molecular formula is C14H11FN2O3. The van der Waals surface area contributed by atoms with Gasteiger partial charge in [0.2, 0.25) is 0 Å². The number of nitrogens with zero attached hydrogens (tertiary/aromatic N) is 1. The molecule has 5 nitrogen and oxygen atoms in total. The fourth-order valence-corrected chi connectivity index (χ4v) is 1.48. The normalized spacial score (nSPS) is 10.7. The highest BCUT2D eigenvalue weighted by Crippen LogP contribution is 2.23. The number of carbonyl (C=O) groups is 1. The van der Waals surface area contributed by atoms with Crippen molar-refractivity contribution in [2.24, 2.45) is 5.10 Å². The van der Waals surface area contributed by atoms with E-state index < -0.39 is 11.7 Å². The summed E-state index contributed by atoms with van der Waals surface area (Å²) in [7, 11) is 0. The molecule has 0 aliphatic rings. The smallest absolute Gasteiger partial charge is 0.271 e. The molecule has 2 aromatic carbocycles. The number of rotatable bonds is 3. The van der Waals surface area contributed by atoms with Gasteiger partial charge in [0.05, 0.1) is 6.21 Å². The van der Waals surface area contributed by atoms with Gasteiger partial charge in [0.1, 0.15) is 5.82 Å². The van der Waals surface area contributed by atoms with Gasteiger partial charge in [-0.2, -0.15) is 5.10 Å². The average Bonchev–Trinajstić information content (AvgIpc) is 2.42. The molecule has 3 N–H and O–H groups in total. The summed E-state index contributed by atoms with van der Waals surface area (Å²) in [4.78, 5) is 11.6. The second-order valence-corrected chi connectivity index (χ2v) is 3.96. The number of halogens is 1. The molecule has 0 spiro atoms. The Kier molecular flexibility index (Phi) is 3.95. The summed E-state index contributed by atoms with van der Waals surface area (Å²) in [5.74, 6) is -1.59. The number of hydrogen-bond acceptors (Lipinski definition) is 4. The zero-order chi connectivity index (χ0) is 14.5. The van der Waals surface area contributed by atoms with Crippen molar-refractivity contribution in [1.82, 2.24) is 5.43 Å². The molecule has 102 valence electrons. The number of nitrogens with one attached hydrogen (secondary N) is 1. The highest BCUT2D eigenvalue weighted by Gasteiger charge is 2.04. The second-order valence-electron chi connectivity index (χ2n) is 3.96. The van der Waals surface area contributed by atoms with Crippen molar-refractivity contribution in [2.75, 3.05) is 0 Å². The number of benzene rings is 2. The van der Waals surface area contributed by atoms with E-state index in [1.165, 1.54) is 42.6 Å². The Morgan fingerprint density at radius 3 is 2.65 bits per heavy atom. The van der Waals surface area contributed by atoms with Crippen LogP contribution in [0.5, 0.6) is 11.5 Å². The minimum atomic E-state index is -0.552. The first-order valence-electron chi connectivity index (χ1n) is 5.67. The van der Waals surface area contributed by atoms with E-state index >= 15 is 0 Å². The number of aromatic hydroxyl groups is 2. The van der Waals surface area contributed by atoms with Gasteiger partial charge in [-0.05, 0) is 42.0 Å². The van der Waals surface area contributed by atoms with Gasteiger partial charge < -0.3 is 10.2 Å². The minimum absolute atomic E-state index is 0.149. The van der Waals surface area contributed by atoms with Crippen LogP contribution >= 0.6 is 0 Å².